The Labute approximate surface area is 182 Å². The number of carbonyl (C=O) groups excluding carboxylic acids is 3. The van der Waals surface area contributed by atoms with Crippen LogP contribution < -0.4 is 10.1 Å². The van der Waals surface area contributed by atoms with Crippen LogP contribution in [0.5, 0.6) is 5.75 Å². The smallest absolute Gasteiger partial charge is 0.338 e. The van der Waals surface area contributed by atoms with E-state index in [2.05, 4.69) is 19.2 Å². The van der Waals surface area contributed by atoms with Crippen molar-refractivity contribution in [3.8, 4) is 5.75 Å². The number of likely N-dealkylation sites (tertiary alicyclic amines) is 1. The molecule has 0 spiro atoms. The van der Waals surface area contributed by atoms with E-state index in [1.54, 1.807) is 48.5 Å². The van der Waals surface area contributed by atoms with E-state index in [0.717, 1.165) is 19.3 Å². The summed E-state index contributed by atoms with van der Waals surface area (Å²) in [4.78, 5) is 38.5. The number of esters is 1. The van der Waals surface area contributed by atoms with E-state index < -0.39 is 11.9 Å². The predicted molar refractivity (Wildman–Crippen MR) is 117 cm³/mol. The van der Waals surface area contributed by atoms with Gasteiger partial charge in [-0.15, -0.1) is 0 Å². The van der Waals surface area contributed by atoms with Gasteiger partial charge in [-0.05, 0) is 69.5 Å². The number of anilines is 1. The fraction of sp³-hybridized carbons (Fsp3) is 0.375. The molecule has 1 aliphatic heterocycles. The van der Waals surface area contributed by atoms with Crippen LogP contribution in [-0.4, -0.2) is 48.0 Å². The van der Waals surface area contributed by atoms with Gasteiger partial charge in [0.05, 0.1) is 5.56 Å². The van der Waals surface area contributed by atoms with Gasteiger partial charge in [0.15, 0.2) is 13.2 Å². The molecule has 0 saturated carbocycles. The molecule has 2 unspecified atom stereocenters. The van der Waals surface area contributed by atoms with Crippen LogP contribution in [-0.2, 0) is 14.3 Å². The van der Waals surface area contributed by atoms with Crippen LogP contribution in [0, 0.1) is 0 Å². The van der Waals surface area contributed by atoms with E-state index >= 15 is 0 Å². The molecule has 1 fully saturated rings. The van der Waals surface area contributed by atoms with Crippen LogP contribution in [0.2, 0.25) is 0 Å². The van der Waals surface area contributed by atoms with Crippen LogP contribution in [0.1, 0.15) is 43.5 Å². The lowest BCUT2D eigenvalue weighted by atomic mass is 9.97. The number of rotatable bonds is 7. The van der Waals surface area contributed by atoms with Crippen LogP contribution >= 0.6 is 0 Å². The minimum absolute atomic E-state index is 0.0346. The third-order valence-electron chi connectivity index (χ3n) is 5.33. The van der Waals surface area contributed by atoms with E-state index in [0.29, 0.717) is 17.0 Å². The van der Waals surface area contributed by atoms with Crippen molar-refractivity contribution >= 4 is 23.5 Å². The molecule has 1 aliphatic rings. The predicted octanol–water partition coefficient (Wildman–Crippen LogP) is 3.65. The van der Waals surface area contributed by atoms with Gasteiger partial charge in [0.25, 0.3) is 11.8 Å². The van der Waals surface area contributed by atoms with Crippen molar-refractivity contribution in [2.75, 3.05) is 18.5 Å². The molecule has 2 amide bonds. The van der Waals surface area contributed by atoms with Gasteiger partial charge in [-0.1, -0.05) is 18.2 Å². The lowest BCUT2D eigenvalue weighted by molar-refractivity contribution is -0.139. The average Bonchev–Trinajstić information content (AvgIpc) is 2.77. The highest BCUT2D eigenvalue weighted by Crippen LogP contribution is 2.23. The van der Waals surface area contributed by atoms with Gasteiger partial charge in [-0.3, -0.25) is 9.59 Å². The first-order valence-electron chi connectivity index (χ1n) is 10.5. The van der Waals surface area contributed by atoms with Crippen molar-refractivity contribution in [1.82, 2.24) is 4.90 Å². The summed E-state index contributed by atoms with van der Waals surface area (Å²) in [6.07, 6.45) is 3.16. The molecule has 0 bridgehead atoms. The SMILES string of the molecule is CC1CCCC(C)N1C(=O)COc1ccc(C(=O)OCC(=O)Nc2ccccc2)cc1. The second kappa shape index (κ2) is 10.6. The summed E-state index contributed by atoms with van der Waals surface area (Å²) in [7, 11) is 0. The summed E-state index contributed by atoms with van der Waals surface area (Å²) in [5.41, 5.74) is 0.928. The van der Waals surface area contributed by atoms with Crippen LogP contribution in [0.3, 0.4) is 0 Å². The molecule has 1 heterocycles. The summed E-state index contributed by atoms with van der Waals surface area (Å²) >= 11 is 0. The molecule has 1 N–H and O–H groups in total. The minimum atomic E-state index is -0.609. The Bertz CT molecular complexity index is 888. The molecule has 1 saturated heterocycles. The number of benzene rings is 2. The zero-order valence-corrected chi connectivity index (χ0v) is 17.9. The highest BCUT2D eigenvalue weighted by Gasteiger charge is 2.29. The van der Waals surface area contributed by atoms with Crippen molar-refractivity contribution in [3.05, 3.63) is 60.2 Å². The highest BCUT2D eigenvalue weighted by atomic mass is 16.5. The van der Waals surface area contributed by atoms with Crippen molar-refractivity contribution < 1.29 is 23.9 Å². The topological polar surface area (TPSA) is 84.9 Å². The Morgan fingerprint density at radius 3 is 2.23 bits per heavy atom. The molecular formula is C24H28N2O5. The van der Waals surface area contributed by atoms with E-state index in [-0.39, 0.29) is 31.2 Å². The Hall–Kier alpha value is -3.35. The maximum atomic E-state index is 12.5. The number of hydrogen-bond acceptors (Lipinski definition) is 5. The van der Waals surface area contributed by atoms with Gasteiger partial charge < -0.3 is 19.7 Å². The quantitative estimate of drug-likeness (QED) is 0.686. The molecule has 3 rings (SSSR count). The first-order chi connectivity index (χ1) is 14.9. The minimum Gasteiger partial charge on any atom is -0.484 e. The fourth-order valence-electron chi connectivity index (χ4n) is 3.75. The molecule has 0 aliphatic carbocycles. The van der Waals surface area contributed by atoms with E-state index in [4.69, 9.17) is 9.47 Å². The van der Waals surface area contributed by atoms with Crippen molar-refractivity contribution in [1.29, 1.82) is 0 Å². The van der Waals surface area contributed by atoms with Gasteiger partial charge in [0.1, 0.15) is 5.75 Å². The van der Waals surface area contributed by atoms with Crippen molar-refractivity contribution in [3.63, 3.8) is 0 Å². The third-order valence-corrected chi connectivity index (χ3v) is 5.33. The van der Waals surface area contributed by atoms with Crippen molar-refractivity contribution in [2.45, 2.75) is 45.2 Å². The third kappa shape index (κ3) is 6.31. The van der Waals surface area contributed by atoms with Gasteiger partial charge in [-0.25, -0.2) is 4.79 Å². The number of nitrogens with one attached hydrogen (secondary N) is 1. The van der Waals surface area contributed by atoms with E-state index in [9.17, 15) is 14.4 Å². The molecule has 7 heteroatoms. The second-order valence-electron chi connectivity index (χ2n) is 7.73. The van der Waals surface area contributed by atoms with Crippen LogP contribution in [0.25, 0.3) is 0 Å². The maximum absolute atomic E-state index is 12.5. The number of nitrogens with zero attached hydrogens (tertiary/aromatic N) is 1. The molecule has 7 nitrogen and oxygen atoms in total. The molecular weight excluding hydrogens is 396 g/mol. The number of amides is 2. The van der Waals surface area contributed by atoms with Gasteiger partial charge in [0.2, 0.25) is 0 Å². The summed E-state index contributed by atoms with van der Waals surface area (Å²) in [5, 5.41) is 2.65. The number of carbonyl (C=O) groups is 3. The first kappa shape index (κ1) is 22.3. The Morgan fingerprint density at radius 2 is 1.58 bits per heavy atom. The van der Waals surface area contributed by atoms with E-state index in [1.807, 2.05) is 11.0 Å². The molecule has 2 atom stereocenters. The first-order valence-corrected chi connectivity index (χ1v) is 10.5. The summed E-state index contributed by atoms with van der Waals surface area (Å²) in [6.45, 7) is 3.70. The van der Waals surface area contributed by atoms with Gasteiger partial charge >= 0.3 is 5.97 Å². The normalized spacial score (nSPS) is 18.2. The molecule has 2 aromatic rings. The Morgan fingerprint density at radius 1 is 0.935 bits per heavy atom. The highest BCUT2D eigenvalue weighted by molar-refractivity contribution is 5.95. The molecule has 31 heavy (non-hydrogen) atoms. The van der Waals surface area contributed by atoms with Crippen LogP contribution in [0.4, 0.5) is 5.69 Å². The summed E-state index contributed by atoms with van der Waals surface area (Å²) in [5.74, 6) is -0.572. The van der Waals surface area contributed by atoms with Crippen molar-refractivity contribution in [2.24, 2.45) is 0 Å². The lowest BCUT2D eigenvalue weighted by Crippen LogP contribution is -2.49. The zero-order valence-electron chi connectivity index (χ0n) is 17.9. The largest absolute Gasteiger partial charge is 0.484 e. The zero-order chi connectivity index (χ0) is 22.2. The maximum Gasteiger partial charge on any atom is 0.338 e. The standard InChI is InChI=1S/C24H28N2O5/c1-17-7-6-8-18(2)26(17)23(28)16-30-21-13-11-19(12-14-21)24(29)31-15-22(27)25-20-9-4-3-5-10-20/h3-5,9-14,17-18H,6-8,15-16H2,1-2H3,(H,25,27). The molecule has 2 aromatic carbocycles. The van der Waals surface area contributed by atoms with E-state index in [1.165, 1.54) is 0 Å². The summed E-state index contributed by atoms with van der Waals surface area (Å²) in [6, 6.07) is 15.7. The van der Waals surface area contributed by atoms with Crippen LogP contribution in [0.15, 0.2) is 54.6 Å². The van der Waals surface area contributed by atoms with Gasteiger partial charge in [-0.2, -0.15) is 0 Å². The summed E-state index contributed by atoms with van der Waals surface area (Å²) < 4.78 is 10.7. The second-order valence-corrected chi connectivity index (χ2v) is 7.73. The molecule has 0 aromatic heterocycles. The number of ether oxygens (including phenoxy) is 2. The fourth-order valence-corrected chi connectivity index (χ4v) is 3.75. The monoisotopic (exact) mass is 424 g/mol. The number of piperidine rings is 1. The lowest BCUT2D eigenvalue weighted by Gasteiger charge is -2.38. The average molecular weight is 424 g/mol. The Balaban J connectivity index is 1.45. The molecule has 0 radical (unpaired) electrons. The van der Waals surface area contributed by atoms with Gasteiger partial charge in [0, 0.05) is 17.8 Å². The Kier molecular flexibility index (Phi) is 7.65. The number of hydrogen-bond donors (Lipinski definition) is 1. The number of para-hydroxylation sites is 1. The molecule has 164 valence electrons.